The molecule has 0 aliphatic carbocycles. The van der Waals surface area contributed by atoms with Crippen molar-refractivity contribution in [2.24, 2.45) is 4.99 Å². The number of carbonyl (C=O) groups excluding carboxylic acids is 1. The van der Waals surface area contributed by atoms with E-state index in [-0.39, 0.29) is 5.91 Å². The molecule has 1 aromatic heterocycles. The fraction of sp³-hybridized carbons (Fsp3) is 0.421. The fourth-order valence-corrected chi connectivity index (χ4v) is 3.50. The number of rotatable bonds is 7. The normalized spacial score (nSPS) is 11.4. The van der Waals surface area contributed by atoms with Gasteiger partial charge in [-0.25, -0.2) is 9.98 Å². The van der Waals surface area contributed by atoms with Gasteiger partial charge in [0.05, 0.1) is 17.2 Å². The Morgan fingerprint density at radius 3 is 2.70 bits per heavy atom. The first kappa shape index (κ1) is 21.2. The Bertz CT molecular complexity index is 818. The number of hydrogen-bond donors (Lipinski definition) is 3. The Labute approximate surface area is 169 Å². The van der Waals surface area contributed by atoms with Crippen molar-refractivity contribution in [2.45, 2.75) is 40.7 Å². The van der Waals surface area contributed by atoms with Gasteiger partial charge in [-0.1, -0.05) is 17.7 Å². The lowest BCUT2D eigenvalue weighted by Gasteiger charge is -2.12. The van der Waals surface area contributed by atoms with Crippen molar-refractivity contribution in [3.63, 3.8) is 0 Å². The molecule has 1 aromatic carbocycles. The van der Waals surface area contributed by atoms with Gasteiger partial charge in [-0.15, -0.1) is 11.3 Å². The molecule has 27 heavy (non-hydrogen) atoms. The number of benzene rings is 1. The number of aryl methyl sites for hydroxylation is 2. The summed E-state index contributed by atoms with van der Waals surface area (Å²) in [5, 5.41) is 11.0. The maximum atomic E-state index is 12.2. The number of guanidine groups is 1. The molecular formula is C19H26ClN5OS. The summed E-state index contributed by atoms with van der Waals surface area (Å²) < 4.78 is 0. The quantitative estimate of drug-likeness (QED) is 0.481. The van der Waals surface area contributed by atoms with E-state index in [0.29, 0.717) is 30.5 Å². The highest BCUT2D eigenvalue weighted by Crippen LogP contribution is 2.23. The molecule has 0 spiro atoms. The second-order valence-electron chi connectivity index (χ2n) is 6.07. The lowest BCUT2D eigenvalue weighted by atomic mass is 10.2. The monoisotopic (exact) mass is 407 g/mol. The Morgan fingerprint density at radius 1 is 1.26 bits per heavy atom. The highest BCUT2D eigenvalue weighted by molar-refractivity contribution is 7.11. The molecule has 1 amide bonds. The summed E-state index contributed by atoms with van der Waals surface area (Å²) in [4.78, 5) is 22.3. The number of halogens is 1. The Hall–Kier alpha value is -2.12. The smallest absolute Gasteiger partial charge is 0.226 e. The minimum absolute atomic E-state index is 0.0716. The van der Waals surface area contributed by atoms with Crippen molar-refractivity contribution in [3.8, 4) is 0 Å². The maximum Gasteiger partial charge on any atom is 0.226 e. The highest BCUT2D eigenvalue weighted by atomic mass is 35.5. The second-order valence-corrected chi connectivity index (χ2v) is 7.77. The van der Waals surface area contributed by atoms with Crippen LogP contribution >= 0.6 is 22.9 Å². The summed E-state index contributed by atoms with van der Waals surface area (Å²) in [5.41, 5.74) is 2.63. The van der Waals surface area contributed by atoms with E-state index >= 15 is 0 Å². The molecule has 3 N–H and O–H groups in total. The zero-order chi connectivity index (χ0) is 19.8. The van der Waals surface area contributed by atoms with Gasteiger partial charge in [-0.05, 0) is 45.4 Å². The first-order chi connectivity index (χ1) is 12.9. The van der Waals surface area contributed by atoms with Crippen molar-refractivity contribution >= 4 is 40.5 Å². The summed E-state index contributed by atoms with van der Waals surface area (Å²) in [7, 11) is 0. The van der Waals surface area contributed by atoms with Gasteiger partial charge in [0.1, 0.15) is 0 Å². The first-order valence-electron chi connectivity index (χ1n) is 8.90. The molecule has 0 aliphatic heterocycles. The summed E-state index contributed by atoms with van der Waals surface area (Å²) >= 11 is 7.74. The minimum Gasteiger partial charge on any atom is -0.357 e. The number of thiazole rings is 1. The highest BCUT2D eigenvalue weighted by Gasteiger charge is 2.08. The molecule has 0 bridgehead atoms. The molecule has 2 aromatic rings. The predicted molar refractivity (Wildman–Crippen MR) is 114 cm³/mol. The molecule has 6 nitrogen and oxygen atoms in total. The van der Waals surface area contributed by atoms with Crippen LogP contribution in [0.4, 0.5) is 5.69 Å². The van der Waals surface area contributed by atoms with Crippen LogP contribution in [0.25, 0.3) is 0 Å². The number of hydrogen-bond acceptors (Lipinski definition) is 4. The summed E-state index contributed by atoms with van der Waals surface area (Å²) in [6.07, 6.45) is 0.328. The summed E-state index contributed by atoms with van der Waals surface area (Å²) in [6.45, 7) is 9.69. The van der Waals surface area contributed by atoms with Crippen LogP contribution in [0.5, 0.6) is 0 Å². The third-order valence-electron chi connectivity index (χ3n) is 3.91. The molecule has 2 rings (SSSR count). The van der Waals surface area contributed by atoms with E-state index in [1.54, 1.807) is 17.4 Å². The molecule has 0 saturated carbocycles. The van der Waals surface area contributed by atoms with E-state index in [0.717, 1.165) is 33.4 Å². The van der Waals surface area contributed by atoms with Crippen LogP contribution in [0.3, 0.4) is 0 Å². The fourth-order valence-electron chi connectivity index (χ4n) is 2.46. The van der Waals surface area contributed by atoms with E-state index in [1.807, 2.05) is 39.8 Å². The van der Waals surface area contributed by atoms with Crippen molar-refractivity contribution in [3.05, 3.63) is 44.4 Å². The topological polar surface area (TPSA) is 78.4 Å². The molecule has 1 heterocycles. The zero-order valence-electron chi connectivity index (χ0n) is 16.1. The maximum absolute atomic E-state index is 12.2. The van der Waals surface area contributed by atoms with Crippen LogP contribution < -0.4 is 16.0 Å². The number of amides is 1. The Balaban J connectivity index is 1.86. The van der Waals surface area contributed by atoms with Crippen molar-refractivity contribution in [2.75, 3.05) is 18.4 Å². The van der Waals surface area contributed by atoms with Gasteiger partial charge in [-0.3, -0.25) is 4.79 Å². The van der Waals surface area contributed by atoms with Crippen molar-refractivity contribution in [1.82, 2.24) is 15.6 Å². The molecule has 8 heteroatoms. The predicted octanol–water partition coefficient (Wildman–Crippen LogP) is 3.81. The molecular weight excluding hydrogens is 382 g/mol. The third kappa shape index (κ3) is 6.52. The number of aromatic nitrogens is 1. The van der Waals surface area contributed by atoms with Gasteiger partial charge < -0.3 is 16.0 Å². The molecule has 0 radical (unpaired) electrons. The van der Waals surface area contributed by atoms with Crippen LogP contribution in [0.1, 0.15) is 34.5 Å². The number of aliphatic imine (C=N–C) groups is 1. The van der Waals surface area contributed by atoms with E-state index in [4.69, 9.17) is 11.6 Å². The number of nitrogens with zero attached hydrogens (tertiary/aromatic N) is 2. The summed E-state index contributed by atoms with van der Waals surface area (Å²) in [5.74, 6) is 0.618. The average molecular weight is 408 g/mol. The average Bonchev–Trinajstić information content (AvgIpc) is 2.94. The van der Waals surface area contributed by atoms with E-state index < -0.39 is 0 Å². The molecule has 0 atom stereocenters. The van der Waals surface area contributed by atoms with Crippen molar-refractivity contribution in [1.29, 1.82) is 0 Å². The van der Waals surface area contributed by atoms with Gasteiger partial charge in [0.25, 0.3) is 0 Å². The SMILES string of the molecule is CCNC(=NCc1sc(C)nc1C)NCCC(=O)Nc1cccc(Cl)c1C. The number of nitrogens with one attached hydrogen (secondary N) is 3. The Kier molecular flexibility index (Phi) is 8.06. The lowest BCUT2D eigenvalue weighted by molar-refractivity contribution is -0.116. The summed E-state index contributed by atoms with van der Waals surface area (Å²) in [6, 6.07) is 5.47. The van der Waals surface area contributed by atoms with Crippen LogP contribution in [-0.2, 0) is 11.3 Å². The first-order valence-corrected chi connectivity index (χ1v) is 10.1. The van der Waals surface area contributed by atoms with Crippen LogP contribution in [0.15, 0.2) is 23.2 Å². The van der Waals surface area contributed by atoms with Crippen LogP contribution in [0.2, 0.25) is 5.02 Å². The van der Waals surface area contributed by atoms with Gasteiger partial charge in [0.15, 0.2) is 5.96 Å². The van der Waals surface area contributed by atoms with E-state index in [9.17, 15) is 4.79 Å². The Morgan fingerprint density at radius 2 is 2.04 bits per heavy atom. The molecule has 0 fully saturated rings. The number of anilines is 1. The minimum atomic E-state index is -0.0716. The van der Waals surface area contributed by atoms with Gasteiger partial charge in [0, 0.05) is 35.1 Å². The van der Waals surface area contributed by atoms with E-state index in [1.165, 1.54) is 0 Å². The lowest BCUT2D eigenvalue weighted by Crippen LogP contribution is -2.38. The van der Waals surface area contributed by atoms with Gasteiger partial charge >= 0.3 is 0 Å². The zero-order valence-corrected chi connectivity index (χ0v) is 17.7. The molecule has 146 valence electrons. The molecule has 0 unspecified atom stereocenters. The van der Waals surface area contributed by atoms with Crippen LogP contribution in [-0.4, -0.2) is 29.9 Å². The largest absolute Gasteiger partial charge is 0.357 e. The number of carbonyl (C=O) groups is 1. The molecule has 0 aliphatic rings. The van der Waals surface area contributed by atoms with Gasteiger partial charge in [0.2, 0.25) is 5.91 Å². The van der Waals surface area contributed by atoms with Crippen LogP contribution in [0, 0.1) is 20.8 Å². The van der Waals surface area contributed by atoms with E-state index in [2.05, 4.69) is 25.9 Å². The molecule has 0 saturated heterocycles. The van der Waals surface area contributed by atoms with Gasteiger partial charge in [-0.2, -0.15) is 0 Å². The van der Waals surface area contributed by atoms with Crippen molar-refractivity contribution < 1.29 is 4.79 Å². The standard InChI is InChI=1S/C19H26ClN5OS/c1-5-21-19(23-11-17-13(3)24-14(4)27-17)22-10-9-18(26)25-16-8-6-7-15(20)12(16)2/h6-8H,5,9-11H2,1-4H3,(H,25,26)(H2,21,22,23). The third-order valence-corrected chi connectivity index (χ3v) is 5.38. The second kappa shape index (κ2) is 10.3.